The largest absolute Gasteiger partial charge is 0.441 e. The van der Waals surface area contributed by atoms with Crippen LogP contribution in [0.2, 0.25) is 0 Å². The molecule has 0 radical (unpaired) electrons. The lowest BCUT2D eigenvalue weighted by Gasteiger charge is -2.40. The van der Waals surface area contributed by atoms with Crippen LogP contribution in [0.1, 0.15) is 58.3 Å². The molecule has 1 heterocycles. The van der Waals surface area contributed by atoms with Gasteiger partial charge in [-0.3, -0.25) is 9.59 Å². The Kier molecular flexibility index (Phi) is 7.24. The molecule has 1 aliphatic carbocycles. The summed E-state index contributed by atoms with van der Waals surface area (Å²) in [6, 6.07) is 6.32. The van der Waals surface area contributed by atoms with Crippen LogP contribution < -0.4 is 5.32 Å². The summed E-state index contributed by atoms with van der Waals surface area (Å²) in [7, 11) is 0. The van der Waals surface area contributed by atoms with Crippen molar-refractivity contribution in [3.63, 3.8) is 0 Å². The van der Waals surface area contributed by atoms with Crippen LogP contribution in [0.3, 0.4) is 0 Å². The number of amides is 2. The maximum atomic E-state index is 13.9. The van der Waals surface area contributed by atoms with Gasteiger partial charge in [-0.05, 0) is 38.8 Å². The Bertz CT molecular complexity index is 870. The number of carbonyl (C=O) groups is 2. The van der Waals surface area contributed by atoms with E-state index in [-0.39, 0.29) is 30.5 Å². The highest BCUT2D eigenvalue weighted by atomic mass is 19.1. The first-order valence-corrected chi connectivity index (χ1v) is 10.8. The molecule has 0 bridgehead atoms. The van der Waals surface area contributed by atoms with Crippen LogP contribution >= 0.6 is 0 Å². The van der Waals surface area contributed by atoms with Crippen molar-refractivity contribution in [3.05, 3.63) is 42.2 Å². The number of likely N-dealkylation sites (N-methyl/N-ethyl adjacent to an activating group) is 1. The van der Waals surface area contributed by atoms with Gasteiger partial charge in [0.1, 0.15) is 11.4 Å². The predicted molar refractivity (Wildman–Crippen MR) is 112 cm³/mol. The zero-order chi connectivity index (χ0) is 21.6. The van der Waals surface area contributed by atoms with Crippen molar-refractivity contribution in [2.75, 3.05) is 13.1 Å². The fraction of sp³-hybridized carbons (Fsp3) is 0.522. The quantitative estimate of drug-likeness (QED) is 0.704. The highest BCUT2D eigenvalue weighted by Crippen LogP contribution is 2.30. The lowest BCUT2D eigenvalue weighted by Crippen LogP contribution is -2.60. The molecule has 1 aliphatic rings. The number of halogens is 1. The molecule has 0 unspecified atom stereocenters. The topological polar surface area (TPSA) is 75.4 Å². The summed E-state index contributed by atoms with van der Waals surface area (Å²) in [5.74, 6) is 0.147. The molecule has 1 N–H and O–H groups in total. The van der Waals surface area contributed by atoms with Gasteiger partial charge in [-0.2, -0.15) is 0 Å². The molecule has 30 heavy (non-hydrogen) atoms. The van der Waals surface area contributed by atoms with Crippen molar-refractivity contribution < 1.29 is 18.4 Å². The van der Waals surface area contributed by atoms with E-state index in [4.69, 9.17) is 4.42 Å². The van der Waals surface area contributed by atoms with E-state index in [1.54, 1.807) is 23.1 Å². The maximum absolute atomic E-state index is 13.9. The van der Waals surface area contributed by atoms with Gasteiger partial charge in [0, 0.05) is 25.9 Å². The third-order valence-electron chi connectivity index (χ3n) is 5.80. The van der Waals surface area contributed by atoms with Crippen molar-refractivity contribution in [3.8, 4) is 11.3 Å². The number of aryl methyl sites for hydroxylation is 1. The normalized spacial score (nSPS) is 15.6. The van der Waals surface area contributed by atoms with E-state index in [9.17, 15) is 14.0 Å². The van der Waals surface area contributed by atoms with Gasteiger partial charge in [-0.25, -0.2) is 9.37 Å². The van der Waals surface area contributed by atoms with Crippen molar-refractivity contribution >= 4 is 11.8 Å². The van der Waals surface area contributed by atoms with E-state index in [1.165, 1.54) is 12.3 Å². The Morgan fingerprint density at radius 3 is 2.53 bits per heavy atom. The summed E-state index contributed by atoms with van der Waals surface area (Å²) in [5, 5.41) is 3.04. The zero-order valence-electron chi connectivity index (χ0n) is 17.7. The summed E-state index contributed by atoms with van der Waals surface area (Å²) >= 11 is 0. The number of hydrogen-bond donors (Lipinski definition) is 1. The first kappa shape index (κ1) is 22.0. The summed E-state index contributed by atoms with van der Waals surface area (Å²) in [6.45, 7) is 5.16. The van der Waals surface area contributed by atoms with Gasteiger partial charge in [0.15, 0.2) is 11.7 Å². The van der Waals surface area contributed by atoms with E-state index in [2.05, 4.69) is 10.3 Å². The summed E-state index contributed by atoms with van der Waals surface area (Å²) in [4.78, 5) is 31.8. The molecule has 3 rings (SSSR count). The number of hydrogen-bond acceptors (Lipinski definition) is 4. The van der Waals surface area contributed by atoms with Crippen molar-refractivity contribution in [2.45, 2.75) is 64.3 Å². The van der Waals surface area contributed by atoms with Crippen LogP contribution in [0.4, 0.5) is 4.39 Å². The Morgan fingerprint density at radius 1 is 1.17 bits per heavy atom. The third-order valence-corrected chi connectivity index (χ3v) is 5.80. The Hall–Kier alpha value is -2.70. The molecular formula is C23H30FN3O3. The minimum absolute atomic E-state index is 0.0125. The number of nitrogens with one attached hydrogen (secondary N) is 1. The number of benzene rings is 1. The van der Waals surface area contributed by atoms with Gasteiger partial charge in [0.25, 0.3) is 0 Å². The average Bonchev–Trinajstić information content (AvgIpc) is 3.23. The van der Waals surface area contributed by atoms with Gasteiger partial charge in [0.05, 0.1) is 11.8 Å². The van der Waals surface area contributed by atoms with E-state index < -0.39 is 5.54 Å². The molecule has 1 aromatic heterocycles. The number of aromatic nitrogens is 1. The lowest BCUT2D eigenvalue weighted by molar-refractivity contribution is -0.143. The van der Waals surface area contributed by atoms with Crippen molar-refractivity contribution in [1.29, 1.82) is 0 Å². The zero-order valence-corrected chi connectivity index (χ0v) is 17.7. The maximum Gasteiger partial charge on any atom is 0.248 e. The Labute approximate surface area is 176 Å². The van der Waals surface area contributed by atoms with Crippen LogP contribution in [0.25, 0.3) is 11.3 Å². The molecular weight excluding hydrogens is 385 g/mol. The van der Waals surface area contributed by atoms with E-state index in [0.717, 1.165) is 19.3 Å². The lowest BCUT2D eigenvalue weighted by atomic mass is 9.80. The first-order valence-electron chi connectivity index (χ1n) is 10.8. The van der Waals surface area contributed by atoms with E-state index in [1.807, 2.05) is 13.8 Å². The van der Waals surface area contributed by atoms with Gasteiger partial charge >= 0.3 is 0 Å². The third kappa shape index (κ3) is 4.89. The number of oxazole rings is 1. The molecule has 162 valence electrons. The molecule has 0 saturated heterocycles. The minimum Gasteiger partial charge on any atom is -0.441 e. The molecule has 2 amide bonds. The van der Waals surface area contributed by atoms with Crippen LogP contribution in [0, 0.1) is 5.82 Å². The first-order chi connectivity index (χ1) is 14.5. The summed E-state index contributed by atoms with van der Waals surface area (Å²) < 4.78 is 19.5. The predicted octanol–water partition coefficient (Wildman–Crippen LogP) is 4.10. The number of nitrogens with zero attached hydrogens (tertiary/aromatic N) is 2. The average molecular weight is 416 g/mol. The summed E-state index contributed by atoms with van der Waals surface area (Å²) in [6.07, 6.45) is 6.20. The number of rotatable bonds is 8. The highest BCUT2D eigenvalue weighted by Gasteiger charge is 2.42. The van der Waals surface area contributed by atoms with Gasteiger partial charge in [-0.15, -0.1) is 0 Å². The fourth-order valence-electron chi connectivity index (χ4n) is 4.12. The van der Waals surface area contributed by atoms with Gasteiger partial charge in [-0.1, -0.05) is 31.4 Å². The molecule has 0 atom stereocenters. The molecule has 7 heteroatoms. The van der Waals surface area contributed by atoms with E-state index in [0.29, 0.717) is 43.1 Å². The SMILES string of the molecule is CCN(CC)C(=O)C1(NC(=O)CCc2ncc(-c3ccccc3F)o2)CCCCC1. The Morgan fingerprint density at radius 2 is 1.87 bits per heavy atom. The number of carbonyl (C=O) groups excluding carboxylic acids is 2. The molecule has 1 fully saturated rings. The molecule has 6 nitrogen and oxygen atoms in total. The fourth-order valence-corrected chi connectivity index (χ4v) is 4.12. The van der Waals surface area contributed by atoms with E-state index >= 15 is 0 Å². The molecule has 2 aromatic rings. The van der Waals surface area contributed by atoms with Crippen LogP contribution in [-0.2, 0) is 16.0 Å². The minimum atomic E-state index is -0.809. The summed E-state index contributed by atoms with van der Waals surface area (Å²) in [5.41, 5.74) is -0.470. The second-order valence-electron chi connectivity index (χ2n) is 7.77. The monoisotopic (exact) mass is 415 g/mol. The van der Waals surface area contributed by atoms with Crippen molar-refractivity contribution in [2.24, 2.45) is 0 Å². The second-order valence-corrected chi connectivity index (χ2v) is 7.77. The van der Waals surface area contributed by atoms with Gasteiger partial charge in [0.2, 0.25) is 11.8 Å². The smallest absolute Gasteiger partial charge is 0.248 e. The standard InChI is InChI=1S/C23H30FN3O3/c1-3-27(4-2)22(29)23(14-8-5-9-15-23)26-20(28)12-13-21-25-16-19(30-21)17-10-6-7-11-18(17)24/h6-7,10-11,16H,3-5,8-9,12-15H2,1-2H3,(H,26,28). The van der Waals surface area contributed by atoms with Gasteiger partial charge < -0.3 is 14.6 Å². The van der Waals surface area contributed by atoms with Crippen LogP contribution in [0.15, 0.2) is 34.9 Å². The Balaban J connectivity index is 1.64. The van der Waals surface area contributed by atoms with Crippen LogP contribution in [-0.4, -0.2) is 40.3 Å². The molecule has 0 spiro atoms. The molecule has 0 aliphatic heterocycles. The molecule has 1 aromatic carbocycles. The van der Waals surface area contributed by atoms with Crippen LogP contribution in [0.5, 0.6) is 0 Å². The second kappa shape index (κ2) is 9.87. The van der Waals surface area contributed by atoms with Crippen molar-refractivity contribution in [1.82, 2.24) is 15.2 Å². The molecule has 1 saturated carbocycles. The highest BCUT2D eigenvalue weighted by molar-refractivity contribution is 5.91.